The Labute approximate surface area is 96.0 Å². The summed E-state index contributed by atoms with van der Waals surface area (Å²) >= 11 is 0. The third-order valence-corrected chi connectivity index (χ3v) is 2.61. The predicted molar refractivity (Wildman–Crippen MR) is 65.1 cm³/mol. The fourth-order valence-electron chi connectivity index (χ4n) is 1.64. The summed E-state index contributed by atoms with van der Waals surface area (Å²) in [5.41, 5.74) is 4.54. The van der Waals surface area contributed by atoms with Crippen molar-refractivity contribution in [3.8, 4) is 6.07 Å². The van der Waals surface area contributed by atoms with Crippen LogP contribution in [-0.2, 0) is 6.42 Å². The number of nitrogens with zero attached hydrogens (tertiary/aromatic N) is 1. The number of aryl methyl sites for hydroxylation is 1. The van der Waals surface area contributed by atoms with Crippen LogP contribution in [0.4, 0.5) is 0 Å². The van der Waals surface area contributed by atoms with Gasteiger partial charge in [-0.25, -0.2) is 0 Å². The molecule has 2 aromatic rings. The zero-order chi connectivity index (χ0) is 11.4. The molecule has 0 saturated carbocycles. The van der Waals surface area contributed by atoms with Crippen LogP contribution in [0.1, 0.15) is 22.3 Å². The molecule has 16 heavy (non-hydrogen) atoms. The Morgan fingerprint density at radius 3 is 1.88 bits per heavy atom. The molecule has 0 aliphatic heterocycles. The SMILES string of the molecule is Cc1ccc(Cc2ccc(C#N)cc2)cc1. The number of nitriles is 1. The molecule has 78 valence electrons. The summed E-state index contributed by atoms with van der Waals surface area (Å²) in [6.45, 7) is 2.09. The van der Waals surface area contributed by atoms with Gasteiger partial charge in [0.05, 0.1) is 11.6 Å². The Morgan fingerprint density at radius 2 is 1.38 bits per heavy atom. The standard InChI is InChI=1S/C15H13N/c1-12-2-4-13(5-3-12)10-14-6-8-15(11-16)9-7-14/h2-9H,10H2,1H3. The summed E-state index contributed by atoms with van der Waals surface area (Å²) in [6.07, 6.45) is 0.923. The first-order chi connectivity index (χ1) is 7.78. The van der Waals surface area contributed by atoms with Crippen molar-refractivity contribution in [2.75, 3.05) is 0 Å². The molecule has 0 saturated heterocycles. The molecule has 1 nitrogen and oxygen atoms in total. The van der Waals surface area contributed by atoms with Crippen molar-refractivity contribution < 1.29 is 0 Å². The van der Waals surface area contributed by atoms with Crippen LogP contribution in [-0.4, -0.2) is 0 Å². The Hall–Kier alpha value is -2.07. The lowest BCUT2D eigenvalue weighted by Crippen LogP contribution is -1.88. The summed E-state index contributed by atoms with van der Waals surface area (Å²) in [6, 6.07) is 18.4. The average molecular weight is 207 g/mol. The fraction of sp³-hybridized carbons (Fsp3) is 0.133. The Kier molecular flexibility index (Phi) is 3.03. The van der Waals surface area contributed by atoms with E-state index in [0.29, 0.717) is 5.56 Å². The van der Waals surface area contributed by atoms with Gasteiger partial charge in [0.1, 0.15) is 0 Å². The third kappa shape index (κ3) is 2.49. The molecule has 0 spiro atoms. The summed E-state index contributed by atoms with van der Waals surface area (Å²) in [4.78, 5) is 0. The second kappa shape index (κ2) is 4.63. The van der Waals surface area contributed by atoms with Gasteiger partial charge in [0.2, 0.25) is 0 Å². The molecule has 0 atom stereocenters. The van der Waals surface area contributed by atoms with Crippen molar-refractivity contribution >= 4 is 0 Å². The fourth-order valence-corrected chi connectivity index (χ4v) is 1.64. The minimum Gasteiger partial charge on any atom is -0.192 e. The molecule has 2 aromatic carbocycles. The Bertz CT molecular complexity index is 501. The first-order valence-electron chi connectivity index (χ1n) is 5.32. The van der Waals surface area contributed by atoms with Gasteiger partial charge in [-0.15, -0.1) is 0 Å². The molecular formula is C15H13N. The van der Waals surface area contributed by atoms with Crippen LogP contribution >= 0.6 is 0 Å². The molecule has 0 radical (unpaired) electrons. The highest BCUT2D eigenvalue weighted by Crippen LogP contribution is 2.11. The monoisotopic (exact) mass is 207 g/mol. The predicted octanol–water partition coefficient (Wildman–Crippen LogP) is 3.46. The van der Waals surface area contributed by atoms with Crippen LogP contribution < -0.4 is 0 Å². The molecular weight excluding hydrogens is 194 g/mol. The van der Waals surface area contributed by atoms with Gasteiger partial charge < -0.3 is 0 Å². The van der Waals surface area contributed by atoms with Crippen LogP contribution in [0.3, 0.4) is 0 Å². The van der Waals surface area contributed by atoms with E-state index in [2.05, 4.69) is 37.3 Å². The molecule has 0 amide bonds. The summed E-state index contributed by atoms with van der Waals surface area (Å²) in [7, 11) is 0. The van der Waals surface area contributed by atoms with E-state index in [1.165, 1.54) is 16.7 Å². The second-order valence-corrected chi connectivity index (χ2v) is 3.97. The lowest BCUT2D eigenvalue weighted by atomic mass is 10.0. The van der Waals surface area contributed by atoms with E-state index in [4.69, 9.17) is 5.26 Å². The van der Waals surface area contributed by atoms with Gasteiger partial charge in [-0.1, -0.05) is 42.0 Å². The van der Waals surface area contributed by atoms with Crippen LogP contribution in [0.5, 0.6) is 0 Å². The van der Waals surface area contributed by atoms with E-state index in [0.717, 1.165) is 6.42 Å². The van der Waals surface area contributed by atoms with Gasteiger partial charge in [-0.05, 0) is 36.6 Å². The molecule has 0 aliphatic rings. The van der Waals surface area contributed by atoms with Crippen molar-refractivity contribution in [3.63, 3.8) is 0 Å². The molecule has 0 heterocycles. The largest absolute Gasteiger partial charge is 0.192 e. The molecule has 0 unspecified atom stereocenters. The van der Waals surface area contributed by atoms with E-state index < -0.39 is 0 Å². The van der Waals surface area contributed by atoms with E-state index in [1.807, 2.05) is 24.3 Å². The summed E-state index contributed by atoms with van der Waals surface area (Å²) in [5.74, 6) is 0. The lowest BCUT2D eigenvalue weighted by molar-refractivity contribution is 1.18. The average Bonchev–Trinajstić information content (AvgIpc) is 2.33. The van der Waals surface area contributed by atoms with Crippen molar-refractivity contribution in [2.45, 2.75) is 13.3 Å². The Balaban J connectivity index is 2.15. The van der Waals surface area contributed by atoms with Gasteiger partial charge >= 0.3 is 0 Å². The highest BCUT2D eigenvalue weighted by molar-refractivity contribution is 5.34. The zero-order valence-corrected chi connectivity index (χ0v) is 9.27. The quantitative estimate of drug-likeness (QED) is 0.739. The van der Waals surface area contributed by atoms with Gasteiger partial charge in [-0.3, -0.25) is 0 Å². The van der Waals surface area contributed by atoms with Gasteiger partial charge in [0, 0.05) is 0 Å². The smallest absolute Gasteiger partial charge is 0.0991 e. The maximum absolute atomic E-state index is 8.70. The van der Waals surface area contributed by atoms with Crippen LogP contribution in [0.15, 0.2) is 48.5 Å². The van der Waals surface area contributed by atoms with E-state index in [-0.39, 0.29) is 0 Å². The van der Waals surface area contributed by atoms with Crippen LogP contribution in [0.2, 0.25) is 0 Å². The molecule has 0 aromatic heterocycles. The van der Waals surface area contributed by atoms with Crippen molar-refractivity contribution in [1.29, 1.82) is 5.26 Å². The summed E-state index contributed by atoms with van der Waals surface area (Å²) < 4.78 is 0. The van der Waals surface area contributed by atoms with Crippen molar-refractivity contribution in [1.82, 2.24) is 0 Å². The first-order valence-corrected chi connectivity index (χ1v) is 5.32. The Morgan fingerprint density at radius 1 is 0.875 bits per heavy atom. The zero-order valence-electron chi connectivity index (χ0n) is 9.27. The molecule has 0 aliphatic carbocycles. The number of hydrogen-bond acceptors (Lipinski definition) is 1. The number of benzene rings is 2. The van der Waals surface area contributed by atoms with Crippen molar-refractivity contribution in [3.05, 3.63) is 70.8 Å². The van der Waals surface area contributed by atoms with Crippen molar-refractivity contribution in [2.24, 2.45) is 0 Å². The molecule has 0 fully saturated rings. The highest BCUT2D eigenvalue weighted by Gasteiger charge is 1.96. The van der Waals surface area contributed by atoms with Crippen LogP contribution in [0.25, 0.3) is 0 Å². The van der Waals surface area contributed by atoms with Gasteiger partial charge in [-0.2, -0.15) is 5.26 Å². The van der Waals surface area contributed by atoms with Gasteiger partial charge in [0.15, 0.2) is 0 Å². The van der Waals surface area contributed by atoms with Gasteiger partial charge in [0.25, 0.3) is 0 Å². The third-order valence-electron chi connectivity index (χ3n) is 2.61. The lowest BCUT2D eigenvalue weighted by Gasteiger charge is -2.02. The minimum absolute atomic E-state index is 0.715. The molecule has 0 N–H and O–H groups in total. The number of rotatable bonds is 2. The normalized spacial score (nSPS) is 9.75. The maximum Gasteiger partial charge on any atom is 0.0991 e. The van der Waals surface area contributed by atoms with E-state index in [9.17, 15) is 0 Å². The number of hydrogen-bond donors (Lipinski definition) is 0. The second-order valence-electron chi connectivity index (χ2n) is 3.97. The maximum atomic E-state index is 8.70. The first kappa shape index (κ1) is 10.4. The van der Waals surface area contributed by atoms with E-state index in [1.54, 1.807) is 0 Å². The topological polar surface area (TPSA) is 23.8 Å². The summed E-state index contributed by atoms with van der Waals surface area (Å²) in [5, 5.41) is 8.70. The molecule has 2 rings (SSSR count). The highest BCUT2D eigenvalue weighted by atomic mass is 14.2. The minimum atomic E-state index is 0.715. The van der Waals surface area contributed by atoms with E-state index >= 15 is 0 Å². The molecule has 0 bridgehead atoms. The van der Waals surface area contributed by atoms with Crippen LogP contribution in [0, 0.1) is 18.3 Å². The molecule has 1 heteroatoms.